The molecule has 0 spiro atoms. The smallest absolute Gasteiger partial charge is 0.282 e. The van der Waals surface area contributed by atoms with Crippen LogP contribution in [0.15, 0.2) is 60.0 Å². The first-order chi connectivity index (χ1) is 15.0. The summed E-state index contributed by atoms with van der Waals surface area (Å²) in [7, 11) is 0. The van der Waals surface area contributed by atoms with Gasteiger partial charge in [-0.1, -0.05) is 41.3 Å². The molecule has 0 aliphatic rings. The van der Waals surface area contributed by atoms with Gasteiger partial charge in [0.25, 0.3) is 5.91 Å². The minimum absolute atomic E-state index is 0.296. The number of hydrogen-bond donors (Lipinski definition) is 1. The van der Waals surface area contributed by atoms with Gasteiger partial charge < -0.3 is 5.32 Å². The van der Waals surface area contributed by atoms with Crippen molar-refractivity contribution in [3.05, 3.63) is 87.4 Å². The van der Waals surface area contributed by atoms with Gasteiger partial charge in [0, 0.05) is 24.6 Å². The molecule has 31 heavy (non-hydrogen) atoms. The Morgan fingerprint density at radius 2 is 1.87 bits per heavy atom. The Bertz CT molecular complexity index is 1180. The Kier molecular flexibility index (Phi) is 6.43. The van der Waals surface area contributed by atoms with Crippen LogP contribution in [0.4, 0.5) is 4.39 Å². The van der Waals surface area contributed by atoms with Crippen LogP contribution in [0.1, 0.15) is 31.5 Å². The molecule has 1 amide bonds. The largest absolute Gasteiger partial charge is 0.346 e. The molecule has 4 aromatic rings. The van der Waals surface area contributed by atoms with Gasteiger partial charge in [-0.25, -0.2) is 9.37 Å². The van der Waals surface area contributed by atoms with Gasteiger partial charge in [-0.2, -0.15) is 0 Å². The fourth-order valence-electron chi connectivity index (χ4n) is 3.07. The summed E-state index contributed by atoms with van der Waals surface area (Å²) in [5, 5.41) is 12.8. The number of nitrogens with zero attached hydrogens (tertiary/aromatic N) is 4. The maximum absolute atomic E-state index is 13.0. The molecule has 0 radical (unpaired) electrons. The molecule has 1 N–H and O–H groups in total. The Balaban J connectivity index is 1.37. The molecular weight excluding hydrogens is 433 g/mol. The molecule has 2 heterocycles. The second-order valence-corrected chi connectivity index (χ2v) is 9.03. The third-order valence-electron chi connectivity index (χ3n) is 4.44. The zero-order chi connectivity index (χ0) is 21.8. The van der Waals surface area contributed by atoms with Crippen molar-refractivity contribution >= 4 is 29.0 Å². The maximum Gasteiger partial charge on any atom is 0.282 e. The Morgan fingerprint density at radius 3 is 2.61 bits per heavy atom. The number of halogens is 1. The van der Waals surface area contributed by atoms with Crippen molar-refractivity contribution in [1.29, 1.82) is 0 Å². The summed E-state index contributed by atoms with van der Waals surface area (Å²) < 4.78 is 15.0. The second kappa shape index (κ2) is 9.40. The molecule has 2 aromatic carbocycles. The highest BCUT2D eigenvalue weighted by atomic mass is 32.2. The molecular formula is C22H20FN5OS2. The van der Waals surface area contributed by atoms with Crippen LogP contribution in [0, 0.1) is 19.7 Å². The quantitative estimate of drug-likeness (QED) is 0.411. The van der Waals surface area contributed by atoms with Crippen molar-refractivity contribution in [2.45, 2.75) is 31.3 Å². The Morgan fingerprint density at radius 1 is 1.13 bits per heavy atom. The van der Waals surface area contributed by atoms with Crippen molar-refractivity contribution in [3.8, 4) is 5.69 Å². The predicted molar refractivity (Wildman–Crippen MR) is 120 cm³/mol. The summed E-state index contributed by atoms with van der Waals surface area (Å²) in [6, 6.07) is 12.4. The van der Waals surface area contributed by atoms with Crippen LogP contribution >= 0.6 is 23.1 Å². The summed E-state index contributed by atoms with van der Waals surface area (Å²) >= 11 is 2.80. The van der Waals surface area contributed by atoms with E-state index in [0.717, 1.165) is 21.4 Å². The van der Waals surface area contributed by atoms with Crippen LogP contribution in [0.3, 0.4) is 0 Å². The molecule has 0 aliphatic heterocycles. The fraction of sp³-hybridized carbons (Fsp3) is 0.182. The zero-order valence-corrected chi connectivity index (χ0v) is 18.6. The van der Waals surface area contributed by atoms with Crippen LogP contribution in [-0.4, -0.2) is 25.7 Å². The van der Waals surface area contributed by atoms with Crippen LogP contribution in [-0.2, 0) is 12.3 Å². The fourth-order valence-corrected chi connectivity index (χ4v) is 4.79. The standard InChI is InChI=1S/C22H20FN5OS2/c1-14-9-15(2)11-18(10-14)28-8-7-24-22(28)30-13-19-26-27-21(31-19)20(29)25-12-16-3-5-17(23)6-4-16/h3-11H,12-13H2,1-2H3,(H,25,29). The monoisotopic (exact) mass is 453 g/mol. The number of imidazole rings is 1. The Hall–Kier alpha value is -3.04. The number of aryl methyl sites for hydroxylation is 2. The lowest BCUT2D eigenvalue weighted by Crippen LogP contribution is -2.22. The summed E-state index contributed by atoms with van der Waals surface area (Å²) in [4.78, 5) is 16.8. The number of carbonyl (C=O) groups is 1. The van der Waals surface area contributed by atoms with E-state index in [4.69, 9.17) is 0 Å². The summed E-state index contributed by atoms with van der Waals surface area (Å²) in [6.45, 7) is 4.45. The van der Waals surface area contributed by atoms with Gasteiger partial charge in [0.15, 0.2) is 5.16 Å². The molecule has 158 valence electrons. The molecule has 0 aliphatic carbocycles. The van der Waals surface area contributed by atoms with Crippen LogP contribution in [0.25, 0.3) is 5.69 Å². The van der Waals surface area contributed by atoms with E-state index in [9.17, 15) is 9.18 Å². The van der Waals surface area contributed by atoms with Crippen molar-refractivity contribution < 1.29 is 9.18 Å². The average molecular weight is 454 g/mol. The highest BCUT2D eigenvalue weighted by Crippen LogP contribution is 2.26. The molecule has 9 heteroatoms. The van der Waals surface area contributed by atoms with Gasteiger partial charge in [0.2, 0.25) is 5.01 Å². The number of rotatable bonds is 7. The minimum Gasteiger partial charge on any atom is -0.346 e. The molecule has 0 atom stereocenters. The van der Waals surface area contributed by atoms with E-state index < -0.39 is 0 Å². The Labute approximate surface area is 187 Å². The summed E-state index contributed by atoms with van der Waals surface area (Å²) in [6.07, 6.45) is 3.71. The SMILES string of the molecule is Cc1cc(C)cc(-n2ccnc2SCc2nnc(C(=O)NCc3ccc(F)cc3)s2)c1. The second-order valence-electron chi connectivity index (χ2n) is 7.02. The zero-order valence-electron chi connectivity index (χ0n) is 17.0. The molecule has 0 saturated carbocycles. The van der Waals surface area contributed by atoms with Crippen molar-refractivity contribution in [2.75, 3.05) is 0 Å². The van der Waals surface area contributed by atoms with Crippen molar-refractivity contribution in [3.63, 3.8) is 0 Å². The van der Waals surface area contributed by atoms with E-state index in [-0.39, 0.29) is 11.7 Å². The van der Waals surface area contributed by atoms with Gasteiger partial charge in [-0.15, -0.1) is 10.2 Å². The number of hydrogen-bond acceptors (Lipinski definition) is 6. The van der Waals surface area contributed by atoms with E-state index in [2.05, 4.69) is 52.5 Å². The van der Waals surface area contributed by atoms with Gasteiger partial charge in [0.05, 0.1) is 5.75 Å². The highest BCUT2D eigenvalue weighted by Gasteiger charge is 2.14. The van der Waals surface area contributed by atoms with Gasteiger partial charge in [0.1, 0.15) is 10.8 Å². The third kappa shape index (κ3) is 5.36. The molecule has 0 saturated heterocycles. The lowest BCUT2D eigenvalue weighted by Gasteiger charge is -2.09. The number of benzene rings is 2. The van der Waals surface area contributed by atoms with Gasteiger partial charge in [-0.05, 0) is 54.8 Å². The van der Waals surface area contributed by atoms with E-state index in [0.29, 0.717) is 17.3 Å². The lowest BCUT2D eigenvalue weighted by molar-refractivity contribution is 0.0950. The van der Waals surface area contributed by atoms with E-state index in [1.165, 1.54) is 34.6 Å². The number of nitrogens with one attached hydrogen (secondary N) is 1. The lowest BCUT2D eigenvalue weighted by atomic mass is 10.1. The first-order valence-corrected chi connectivity index (χ1v) is 11.4. The van der Waals surface area contributed by atoms with Crippen molar-refractivity contribution in [2.24, 2.45) is 0 Å². The molecule has 0 bridgehead atoms. The van der Waals surface area contributed by atoms with Crippen molar-refractivity contribution in [1.82, 2.24) is 25.1 Å². The molecule has 6 nitrogen and oxygen atoms in total. The normalized spacial score (nSPS) is 10.9. The highest BCUT2D eigenvalue weighted by molar-refractivity contribution is 7.98. The third-order valence-corrected chi connectivity index (χ3v) is 6.53. The van der Waals surface area contributed by atoms with Gasteiger partial charge >= 0.3 is 0 Å². The first kappa shape index (κ1) is 21.2. The molecule has 0 fully saturated rings. The van der Waals surface area contributed by atoms with Crippen LogP contribution in [0.5, 0.6) is 0 Å². The number of thioether (sulfide) groups is 1. The van der Waals surface area contributed by atoms with E-state index in [1.54, 1.807) is 30.1 Å². The topological polar surface area (TPSA) is 72.7 Å². The van der Waals surface area contributed by atoms with Crippen LogP contribution < -0.4 is 5.32 Å². The number of carbonyl (C=O) groups excluding carboxylic acids is 1. The molecule has 4 rings (SSSR count). The predicted octanol–water partition coefficient (Wildman–Crippen LogP) is 4.70. The summed E-state index contributed by atoms with van der Waals surface area (Å²) in [5.41, 5.74) is 4.27. The summed E-state index contributed by atoms with van der Waals surface area (Å²) in [5.74, 6) is -0.0422. The minimum atomic E-state index is -0.306. The number of amides is 1. The average Bonchev–Trinajstić information content (AvgIpc) is 3.40. The first-order valence-electron chi connectivity index (χ1n) is 9.58. The van der Waals surface area contributed by atoms with Gasteiger partial charge in [-0.3, -0.25) is 9.36 Å². The number of aromatic nitrogens is 4. The maximum atomic E-state index is 13.0. The van der Waals surface area contributed by atoms with Crippen LogP contribution in [0.2, 0.25) is 0 Å². The van der Waals surface area contributed by atoms with E-state index in [1.807, 2.05) is 10.8 Å². The molecule has 2 aromatic heterocycles. The van der Waals surface area contributed by atoms with E-state index >= 15 is 0 Å². The molecule has 0 unspecified atom stereocenters.